The molecule has 1 aliphatic carbocycles. The molecule has 1 amide bonds. The van der Waals surface area contributed by atoms with Crippen LogP contribution in [0.4, 0.5) is 10.2 Å². The first-order chi connectivity index (χ1) is 17.4. The van der Waals surface area contributed by atoms with Crippen molar-refractivity contribution < 1.29 is 9.18 Å². The highest BCUT2D eigenvalue weighted by Gasteiger charge is 2.25. The molecule has 0 bridgehead atoms. The summed E-state index contributed by atoms with van der Waals surface area (Å²) in [7, 11) is 0. The van der Waals surface area contributed by atoms with Gasteiger partial charge in [0.15, 0.2) is 5.65 Å². The molecule has 1 fully saturated rings. The first-order valence-electron chi connectivity index (χ1n) is 12.6. The van der Waals surface area contributed by atoms with Crippen molar-refractivity contribution >= 4 is 22.8 Å². The minimum atomic E-state index is -0.345. The number of amides is 1. The standard InChI is InChI=1S/C28H31FN6O/c1-4-24-32-26(25-18(3)34-35(27(25)33-24)23-8-6-5-7-17(23)2)30-21-13-15-22(16-14-21)31-28(36)19-9-11-20(29)12-10-19/h5-12,21-22H,4,13-16H2,1-3H3,(H,31,36)(H,30,32,33). The highest BCUT2D eigenvalue weighted by Crippen LogP contribution is 2.30. The van der Waals surface area contributed by atoms with E-state index in [1.165, 1.54) is 24.3 Å². The fraction of sp³-hybridized carbons (Fsp3) is 0.357. The Kier molecular flexibility index (Phi) is 6.67. The number of rotatable bonds is 6. The van der Waals surface area contributed by atoms with Crippen LogP contribution in [0.1, 0.15) is 60.0 Å². The van der Waals surface area contributed by atoms with E-state index in [1.54, 1.807) is 0 Å². The van der Waals surface area contributed by atoms with Crippen LogP contribution in [-0.4, -0.2) is 37.7 Å². The molecule has 2 aromatic carbocycles. The van der Waals surface area contributed by atoms with Gasteiger partial charge in [-0.25, -0.2) is 19.0 Å². The molecule has 0 saturated heterocycles. The van der Waals surface area contributed by atoms with E-state index in [-0.39, 0.29) is 23.8 Å². The lowest BCUT2D eigenvalue weighted by Gasteiger charge is -2.30. The number of para-hydroxylation sites is 1. The van der Waals surface area contributed by atoms with Gasteiger partial charge in [-0.05, 0) is 75.4 Å². The van der Waals surface area contributed by atoms with Crippen LogP contribution in [0.5, 0.6) is 0 Å². The Bertz CT molecular complexity index is 1390. The molecule has 186 valence electrons. The first kappa shape index (κ1) is 23.9. The molecule has 8 heteroatoms. The number of hydrogen-bond acceptors (Lipinski definition) is 5. The molecule has 2 aromatic heterocycles. The van der Waals surface area contributed by atoms with Gasteiger partial charge in [-0.3, -0.25) is 4.79 Å². The third kappa shape index (κ3) is 4.80. The number of halogens is 1. The molecule has 36 heavy (non-hydrogen) atoms. The molecule has 7 nitrogen and oxygen atoms in total. The molecular formula is C28H31FN6O. The molecule has 1 saturated carbocycles. The third-order valence-corrected chi connectivity index (χ3v) is 6.92. The molecule has 0 unspecified atom stereocenters. The van der Waals surface area contributed by atoms with E-state index in [0.29, 0.717) is 5.56 Å². The maximum Gasteiger partial charge on any atom is 0.251 e. The van der Waals surface area contributed by atoms with Gasteiger partial charge >= 0.3 is 0 Å². The highest BCUT2D eigenvalue weighted by molar-refractivity contribution is 5.94. The van der Waals surface area contributed by atoms with Gasteiger partial charge in [-0.1, -0.05) is 25.1 Å². The SMILES string of the molecule is CCc1nc(NC2CCC(NC(=O)c3ccc(F)cc3)CC2)c2c(C)nn(-c3ccccc3C)c2n1. The molecular weight excluding hydrogens is 455 g/mol. The number of aryl methyl sites for hydroxylation is 3. The largest absolute Gasteiger partial charge is 0.367 e. The van der Waals surface area contributed by atoms with Gasteiger partial charge in [0.2, 0.25) is 0 Å². The van der Waals surface area contributed by atoms with Crippen molar-refractivity contribution in [3.8, 4) is 5.69 Å². The van der Waals surface area contributed by atoms with E-state index >= 15 is 0 Å². The zero-order valence-corrected chi connectivity index (χ0v) is 20.9. The number of fused-ring (bicyclic) bond motifs is 1. The zero-order valence-electron chi connectivity index (χ0n) is 20.9. The number of nitrogens with zero attached hydrogens (tertiary/aromatic N) is 4. The van der Waals surface area contributed by atoms with E-state index in [9.17, 15) is 9.18 Å². The van der Waals surface area contributed by atoms with Crippen molar-refractivity contribution in [3.05, 3.63) is 77.0 Å². The number of carbonyl (C=O) groups excluding carboxylic acids is 1. The van der Waals surface area contributed by atoms with Crippen molar-refractivity contribution in [1.82, 2.24) is 25.1 Å². The lowest BCUT2D eigenvalue weighted by atomic mass is 9.91. The van der Waals surface area contributed by atoms with Crippen molar-refractivity contribution in [2.45, 2.75) is 65.0 Å². The van der Waals surface area contributed by atoms with Crippen molar-refractivity contribution in [2.75, 3.05) is 5.32 Å². The Labute approximate surface area is 210 Å². The second kappa shape index (κ2) is 10.0. The van der Waals surface area contributed by atoms with E-state index in [0.717, 1.165) is 71.7 Å². The van der Waals surface area contributed by atoms with E-state index < -0.39 is 0 Å². The smallest absolute Gasteiger partial charge is 0.251 e. The summed E-state index contributed by atoms with van der Waals surface area (Å²) in [6.45, 7) is 6.13. The topological polar surface area (TPSA) is 84.7 Å². The maximum absolute atomic E-state index is 13.2. The van der Waals surface area contributed by atoms with Crippen molar-refractivity contribution in [1.29, 1.82) is 0 Å². The average Bonchev–Trinajstić information content (AvgIpc) is 3.22. The summed E-state index contributed by atoms with van der Waals surface area (Å²) in [5.41, 5.74) is 4.33. The Morgan fingerprint density at radius 1 is 1.00 bits per heavy atom. The number of hydrogen-bond donors (Lipinski definition) is 2. The predicted molar refractivity (Wildman–Crippen MR) is 139 cm³/mol. The molecule has 1 aliphatic rings. The number of benzene rings is 2. The van der Waals surface area contributed by atoms with Crippen LogP contribution in [0.25, 0.3) is 16.7 Å². The molecule has 5 rings (SSSR count). The summed E-state index contributed by atoms with van der Waals surface area (Å²) in [6, 6.07) is 14.2. The normalized spacial score (nSPS) is 17.8. The number of carbonyl (C=O) groups is 1. The van der Waals surface area contributed by atoms with Gasteiger partial charge in [0, 0.05) is 24.1 Å². The van der Waals surface area contributed by atoms with E-state index in [1.807, 2.05) is 23.7 Å². The first-order valence-corrected chi connectivity index (χ1v) is 12.6. The van der Waals surface area contributed by atoms with Crippen LogP contribution >= 0.6 is 0 Å². The minimum Gasteiger partial charge on any atom is -0.367 e. The number of anilines is 1. The number of aromatic nitrogens is 4. The van der Waals surface area contributed by atoms with Gasteiger partial charge in [0.1, 0.15) is 17.5 Å². The average molecular weight is 487 g/mol. The van der Waals surface area contributed by atoms with Crippen LogP contribution in [0.3, 0.4) is 0 Å². The molecule has 0 atom stereocenters. The van der Waals surface area contributed by atoms with Crippen LogP contribution in [0.15, 0.2) is 48.5 Å². The summed E-state index contributed by atoms with van der Waals surface area (Å²) >= 11 is 0. The molecule has 0 aliphatic heterocycles. The van der Waals surface area contributed by atoms with Gasteiger partial charge in [-0.15, -0.1) is 0 Å². The summed E-state index contributed by atoms with van der Waals surface area (Å²) in [4.78, 5) is 22.2. The van der Waals surface area contributed by atoms with Crippen LogP contribution in [0, 0.1) is 19.7 Å². The van der Waals surface area contributed by atoms with E-state index in [4.69, 9.17) is 15.1 Å². The summed E-state index contributed by atoms with van der Waals surface area (Å²) < 4.78 is 15.1. The minimum absolute atomic E-state index is 0.0998. The predicted octanol–water partition coefficient (Wildman–Crippen LogP) is 5.29. The molecule has 4 aromatic rings. The summed E-state index contributed by atoms with van der Waals surface area (Å²) in [6.07, 6.45) is 4.27. The van der Waals surface area contributed by atoms with Gasteiger partial charge < -0.3 is 10.6 Å². The molecule has 0 radical (unpaired) electrons. The summed E-state index contributed by atoms with van der Waals surface area (Å²) in [5.74, 6) is 1.10. The second-order valence-corrected chi connectivity index (χ2v) is 9.50. The fourth-order valence-electron chi connectivity index (χ4n) is 4.90. The van der Waals surface area contributed by atoms with Crippen LogP contribution < -0.4 is 10.6 Å². The second-order valence-electron chi connectivity index (χ2n) is 9.50. The molecule has 2 N–H and O–H groups in total. The Hall–Kier alpha value is -3.81. The van der Waals surface area contributed by atoms with Crippen molar-refractivity contribution in [2.24, 2.45) is 0 Å². The van der Waals surface area contributed by atoms with Gasteiger partial charge in [-0.2, -0.15) is 5.10 Å². The van der Waals surface area contributed by atoms with Crippen molar-refractivity contribution in [3.63, 3.8) is 0 Å². The Morgan fingerprint density at radius 2 is 1.69 bits per heavy atom. The summed E-state index contributed by atoms with van der Waals surface area (Å²) in [5, 5.41) is 12.5. The third-order valence-electron chi connectivity index (χ3n) is 6.92. The van der Waals surface area contributed by atoms with Gasteiger partial charge in [0.05, 0.1) is 16.8 Å². The van der Waals surface area contributed by atoms with E-state index in [2.05, 4.69) is 36.6 Å². The molecule has 0 spiro atoms. The highest BCUT2D eigenvalue weighted by atomic mass is 19.1. The fourth-order valence-corrected chi connectivity index (χ4v) is 4.90. The number of nitrogens with one attached hydrogen (secondary N) is 2. The quantitative estimate of drug-likeness (QED) is 0.387. The molecule has 2 heterocycles. The lowest BCUT2D eigenvalue weighted by molar-refractivity contribution is 0.0926. The zero-order chi connectivity index (χ0) is 25.2. The lowest BCUT2D eigenvalue weighted by Crippen LogP contribution is -2.40. The monoisotopic (exact) mass is 486 g/mol. The Morgan fingerprint density at radius 3 is 2.39 bits per heavy atom. The Balaban J connectivity index is 1.33. The van der Waals surface area contributed by atoms with Crippen LogP contribution in [-0.2, 0) is 6.42 Å². The van der Waals surface area contributed by atoms with Crippen LogP contribution in [0.2, 0.25) is 0 Å². The van der Waals surface area contributed by atoms with Gasteiger partial charge in [0.25, 0.3) is 5.91 Å². The maximum atomic E-state index is 13.2.